The van der Waals surface area contributed by atoms with E-state index in [1.165, 1.54) is 18.9 Å². The summed E-state index contributed by atoms with van der Waals surface area (Å²) in [5, 5.41) is 20.1. The largest absolute Gasteiger partial charge is 0.479 e. The molecule has 0 bridgehead atoms. The van der Waals surface area contributed by atoms with Crippen LogP contribution in [0.2, 0.25) is 0 Å². The summed E-state index contributed by atoms with van der Waals surface area (Å²) >= 11 is 0. The number of hydrogen-bond acceptors (Lipinski definition) is 4. The molecule has 0 aromatic rings. The van der Waals surface area contributed by atoms with Gasteiger partial charge in [0.2, 0.25) is 11.8 Å². The van der Waals surface area contributed by atoms with E-state index >= 15 is 0 Å². The number of rotatable bonds is 5. The maximum atomic E-state index is 11.2. The molecular formula is C9H16N2O5. The molecule has 0 aliphatic carbocycles. The summed E-state index contributed by atoms with van der Waals surface area (Å²) in [6, 6.07) is 0. The summed E-state index contributed by atoms with van der Waals surface area (Å²) in [5.74, 6) is -2.23. The number of carbonyl (C=O) groups excluding carboxylic acids is 2. The van der Waals surface area contributed by atoms with Gasteiger partial charge in [-0.3, -0.25) is 9.59 Å². The Labute approximate surface area is 93.0 Å². The van der Waals surface area contributed by atoms with Crippen LogP contribution >= 0.6 is 0 Å². The number of carbonyl (C=O) groups is 3. The summed E-state index contributed by atoms with van der Waals surface area (Å²) in [7, 11) is 1.44. The molecule has 0 heterocycles. The number of carboxylic acids is 1. The minimum absolute atomic E-state index is 0.176. The molecule has 0 rings (SSSR count). The van der Waals surface area contributed by atoms with E-state index in [1.807, 2.05) is 0 Å². The molecule has 7 heteroatoms. The van der Waals surface area contributed by atoms with E-state index in [-0.39, 0.29) is 12.5 Å². The molecular weight excluding hydrogens is 216 g/mol. The monoisotopic (exact) mass is 232 g/mol. The highest BCUT2D eigenvalue weighted by Gasteiger charge is 2.30. The lowest BCUT2D eigenvalue weighted by molar-refractivity contribution is -0.156. The van der Waals surface area contributed by atoms with E-state index < -0.39 is 24.0 Å². The second kappa shape index (κ2) is 5.45. The van der Waals surface area contributed by atoms with Gasteiger partial charge in [0.05, 0.1) is 13.1 Å². The Kier molecular flexibility index (Phi) is 4.90. The highest BCUT2D eigenvalue weighted by atomic mass is 16.4. The van der Waals surface area contributed by atoms with Crippen molar-refractivity contribution in [3.63, 3.8) is 0 Å². The molecule has 0 fully saturated rings. The maximum absolute atomic E-state index is 11.2. The number of carboxylic acid groups (broad SMARTS) is 1. The molecule has 1 atom stereocenters. The van der Waals surface area contributed by atoms with E-state index in [9.17, 15) is 19.5 Å². The van der Waals surface area contributed by atoms with Crippen LogP contribution in [0.25, 0.3) is 0 Å². The Morgan fingerprint density at radius 2 is 1.88 bits per heavy atom. The first kappa shape index (κ1) is 14.4. The second-order valence-corrected chi connectivity index (χ2v) is 3.73. The lowest BCUT2D eigenvalue weighted by atomic mass is 10.1. The molecule has 2 amide bonds. The molecule has 1 unspecified atom stereocenters. The van der Waals surface area contributed by atoms with E-state index in [4.69, 9.17) is 5.11 Å². The Morgan fingerprint density at radius 1 is 1.38 bits per heavy atom. The third kappa shape index (κ3) is 4.74. The van der Waals surface area contributed by atoms with Gasteiger partial charge >= 0.3 is 5.97 Å². The Balaban J connectivity index is 4.09. The van der Waals surface area contributed by atoms with Crippen molar-refractivity contribution in [1.29, 1.82) is 0 Å². The third-order valence-corrected chi connectivity index (χ3v) is 2.01. The summed E-state index contributed by atoms with van der Waals surface area (Å²) in [4.78, 5) is 33.7. The van der Waals surface area contributed by atoms with Crippen molar-refractivity contribution in [3.8, 4) is 0 Å². The molecule has 7 nitrogen and oxygen atoms in total. The first-order valence-electron chi connectivity index (χ1n) is 4.61. The van der Waals surface area contributed by atoms with Gasteiger partial charge in [0, 0.05) is 14.0 Å². The molecule has 0 saturated heterocycles. The van der Waals surface area contributed by atoms with Crippen LogP contribution in [0.15, 0.2) is 0 Å². The van der Waals surface area contributed by atoms with Gasteiger partial charge in [0.1, 0.15) is 0 Å². The zero-order valence-corrected chi connectivity index (χ0v) is 9.48. The normalized spacial score (nSPS) is 13.8. The number of nitrogens with one attached hydrogen (secondary N) is 1. The predicted molar refractivity (Wildman–Crippen MR) is 54.6 cm³/mol. The zero-order chi connectivity index (χ0) is 12.9. The van der Waals surface area contributed by atoms with Crippen molar-refractivity contribution in [1.82, 2.24) is 10.2 Å². The average Bonchev–Trinajstić information content (AvgIpc) is 2.14. The standard InChI is InChI=1S/C9H16N2O5/c1-6(12)11(3)4-7(13)10-5-9(2,16)8(14)15/h16H,4-5H2,1-3H3,(H,10,13)(H,14,15). The fourth-order valence-corrected chi connectivity index (χ4v) is 0.729. The minimum atomic E-state index is -2.01. The lowest BCUT2D eigenvalue weighted by Crippen LogP contribution is -2.48. The van der Waals surface area contributed by atoms with Crippen LogP contribution in [0.1, 0.15) is 13.8 Å². The zero-order valence-electron chi connectivity index (χ0n) is 9.48. The van der Waals surface area contributed by atoms with Gasteiger partial charge in [-0.25, -0.2) is 4.79 Å². The van der Waals surface area contributed by atoms with E-state index in [1.54, 1.807) is 0 Å². The first-order valence-corrected chi connectivity index (χ1v) is 4.61. The van der Waals surface area contributed by atoms with Gasteiger partial charge in [-0.05, 0) is 6.92 Å². The van der Waals surface area contributed by atoms with Crippen molar-refractivity contribution in [3.05, 3.63) is 0 Å². The number of nitrogens with zero attached hydrogens (tertiary/aromatic N) is 1. The number of hydrogen-bond donors (Lipinski definition) is 3. The smallest absolute Gasteiger partial charge is 0.337 e. The van der Waals surface area contributed by atoms with E-state index in [0.29, 0.717) is 0 Å². The molecule has 92 valence electrons. The van der Waals surface area contributed by atoms with Crippen LogP contribution in [-0.2, 0) is 14.4 Å². The first-order chi connectivity index (χ1) is 7.16. The maximum Gasteiger partial charge on any atom is 0.337 e. The number of aliphatic carboxylic acids is 1. The van der Waals surface area contributed by atoms with Crippen molar-refractivity contribution in [2.75, 3.05) is 20.1 Å². The predicted octanol–water partition coefficient (Wildman–Crippen LogP) is -1.58. The molecule has 3 N–H and O–H groups in total. The summed E-state index contributed by atoms with van der Waals surface area (Å²) in [6.07, 6.45) is 0. The van der Waals surface area contributed by atoms with E-state index in [0.717, 1.165) is 6.92 Å². The third-order valence-electron chi connectivity index (χ3n) is 2.01. The van der Waals surface area contributed by atoms with Crippen LogP contribution in [0, 0.1) is 0 Å². The van der Waals surface area contributed by atoms with Crippen molar-refractivity contribution >= 4 is 17.8 Å². The van der Waals surface area contributed by atoms with Crippen molar-refractivity contribution in [2.45, 2.75) is 19.4 Å². The van der Waals surface area contributed by atoms with Gasteiger partial charge in [-0.2, -0.15) is 0 Å². The molecule has 16 heavy (non-hydrogen) atoms. The number of amides is 2. The Bertz CT molecular complexity index is 300. The van der Waals surface area contributed by atoms with Crippen LogP contribution in [-0.4, -0.2) is 58.6 Å². The fourth-order valence-electron chi connectivity index (χ4n) is 0.729. The van der Waals surface area contributed by atoms with Crippen LogP contribution in [0.4, 0.5) is 0 Å². The van der Waals surface area contributed by atoms with Crippen molar-refractivity contribution < 1.29 is 24.6 Å². The summed E-state index contributed by atoms with van der Waals surface area (Å²) in [6.45, 7) is 1.79. The average molecular weight is 232 g/mol. The van der Waals surface area contributed by atoms with E-state index in [2.05, 4.69) is 5.32 Å². The van der Waals surface area contributed by atoms with Crippen LogP contribution in [0.5, 0.6) is 0 Å². The van der Waals surface area contributed by atoms with Gasteiger partial charge in [0.15, 0.2) is 5.60 Å². The molecule has 0 aromatic heterocycles. The minimum Gasteiger partial charge on any atom is -0.479 e. The second-order valence-electron chi connectivity index (χ2n) is 3.73. The molecule has 0 aromatic carbocycles. The van der Waals surface area contributed by atoms with Crippen molar-refractivity contribution in [2.24, 2.45) is 0 Å². The van der Waals surface area contributed by atoms with Gasteiger partial charge in [0.25, 0.3) is 0 Å². The highest BCUT2D eigenvalue weighted by molar-refractivity contribution is 5.84. The quantitative estimate of drug-likeness (QED) is 0.530. The van der Waals surface area contributed by atoms with Gasteiger partial charge < -0.3 is 20.4 Å². The summed E-state index contributed by atoms with van der Waals surface area (Å²) < 4.78 is 0. The highest BCUT2D eigenvalue weighted by Crippen LogP contribution is 2.00. The van der Waals surface area contributed by atoms with Crippen LogP contribution < -0.4 is 5.32 Å². The Morgan fingerprint density at radius 3 is 2.25 bits per heavy atom. The number of aliphatic hydroxyl groups is 1. The number of likely N-dealkylation sites (N-methyl/N-ethyl adjacent to an activating group) is 1. The van der Waals surface area contributed by atoms with Gasteiger partial charge in [-0.1, -0.05) is 0 Å². The SMILES string of the molecule is CC(=O)N(C)CC(=O)NCC(C)(O)C(=O)O. The fraction of sp³-hybridized carbons (Fsp3) is 0.667. The molecule has 0 aliphatic heterocycles. The molecule has 0 radical (unpaired) electrons. The van der Waals surface area contributed by atoms with Gasteiger partial charge in [-0.15, -0.1) is 0 Å². The molecule has 0 aliphatic rings. The molecule has 0 saturated carbocycles. The summed E-state index contributed by atoms with van der Waals surface area (Å²) in [5.41, 5.74) is -2.01. The van der Waals surface area contributed by atoms with Crippen LogP contribution in [0.3, 0.4) is 0 Å². The lowest BCUT2D eigenvalue weighted by Gasteiger charge is -2.20. The Hall–Kier alpha value is -1.63. The molecule has 0 spiro atoms. The topological polar surface area (TPSA) is 107 Å².